The molecule has 1 unspecified atom stereocenters. The molecule has 1 aliphatic heterocycles. The van der Waals surface area contributed by atoms with E-state index in [9.17, 15) is 14.7 Å². The summed E-state index contributed by atoms with van der Waals surface area (Å²) in [5.41, 5.74) is 2.97. The number of para-hydroxylation sites is 1. The number of nitrogens with one attached hydrogen (secondary N) is 1. The topological polar surface area (TPSA) is 84.9 Å². The van der Waals surface area contributed by atoms with E-state index in [1.165, 1.54) is 0 Å². The number of hydrogen-bond acceptors (Lipinski definition) is 6. The third-order valence-corrected chi connectivity index (χ3v) is 5.99. The van der Waals surface area contributed by atoms with Crippen molar-refractivity contribution < 1.29 is 24.2 Å². The van der Waals surface area contributed by atoms with Gasteiger partial charge in [0.05, 0.1) is 5.57 Å². The first-order valence-corrected chi connectivity index (χ1v) is 11.1. The van der Waals surface area contributed by atoms with Gasteiger partial charge in [-0.1, -0.05) is 44.2 Å². The van der Waals surface area contributed by atoms with Crippen LogP contribution in [0.2, 0.25) is 0 Å². The second-order valence-electron chi connectivity index (χ2n) is 9.32. The first kappa shape index (κ1) is 22.6. The molecule has 0 aromatic heterocycles. The van der Waals surface area contributed by atoms with E-state index >= 15 is 0 Å². The molecule has 0 saturated carbocycles. The molecule has 1 atom stereocenters. The first-order valence-electron chi connectivity index (χ1n) is 11.1. The molecule has 2 aromatic carbocycles. The molecule has 0 bridgehead atoms. The van der Waals surface area contributed by atoms with Crippen LogP contribution in [-0.4, -0.2) is 30.1 Å². The predicted octanol–water partition coefficient (Wildman–Crippen LogP) is 4.62. The fraction of sp³-hybridized carbons (Fsp3) is 0.333. The molecule has 0 fully saturated rings. The highest BCUT2D eigenvalue weighted by Crippen LogP contribution is 2.47. The number of carbonyl (C=O) groups excluding carboxylic acids is 2. The van der Waals surface area contributed by atoms with Crippen LogP contribution in [0.3, 0.4) is 0 Å². The third-order valence-electron chi connectivity index (χ3n) is 5.99. The highest BCUT2D eigenvalue weighted by molar-refractivity contribution is 6.04. The summed E-state index contributed by atoms with van der Waals surface area (Å²) in [6.45, 7) is 6.24. The number of ketones is 1. The van der Waals surface area contributed by atoms with Gasteiger partial charge in [0.25, 0.3) is 0 Å². The number of rotatable bonds is 6. The van der Waals surface area contributed by atoms with E-state index in [4.69, 9.17) is 9.47 Å². The number of esters is 1. The van der Waals surface area contributed by atoms with Crippen molar-refractivity contribution >= 4 is 11.8 Å². The van der Waals surface area contributed by atoms with Crippen LogP contribution in [0.4, 0.5) is 0 Å². The summed E-state index contributed by atoms with van der Waals surface area (Å²) in [4.78, 5) is 26.5. The smallest absolute Gasteiger partial charge is 0.336 e. The molecule has 2 aliphatic rings. The van der Waals surface area contributed by atoms with Crippen molar-refractivity contribution in [3.63, 3.8) is 0 Å². The van der Waals surface area contributed by atoms with Gasteiger partial charge in [0.1, 0.15) is 24.7 Å². The molecule has 6 nitrogen and oxygen atoms in total. The second kappa shape index (κ2) is 9.14. The van der Waals surface area contributed by atoms with Gasteiger partial charge < -0.3 is 19.9 Å². The Bertz CT molecular complexity index is 1130. The number of carbonyl (C=O) groups is 2. The molecule has 172 valence electrons. The van der Waals surface area contributed by atoms with E-state index in [1.54, 1.807) is 18.2 Å². The summed E-state index contributed by atoms with van der Waals surface area (Å²) >= 11 is 0. The molecular formula is C27H29NO5. The van der Waals surface area contributed by atoms with Crippen LogP contribution in [0.1, 0.15) is 45.1 Å². The molecule has 33 heavy (non-hydrogen) atoms. The summed E-state index contributed by atoms with van der Waals surface area (Å²) in [6.07, 6.45) is 1.10. The van der Waals surface area contributed by atoms with Gasteiger partial charge in [0, 0.05) is 29.3 Å². The Labute approximate surface area is 193 Å². The van der Waals surface area contributed by atoms with Crippen molar-refractivity contribution in [2.45, 2.75) is 39.5 Å². The molecular weight excluding hydrogens is 418 g/mol. The normalized spacial score (nSPS) is 19.6. The molecule has 0 amide bonds. The van der Waals surface area contributed by atoms with E-state index in [-0.39, 0.29) is 30.2 Å². The van der Waals surface area contributed by atoms with Gasteiger partial charge in [-0.3, -0.25) is 4.79 Å². The van der Waals surface area contributed by atoms with Gasteiger partial charge in [-0.25, -0.2) is 4.79 Å². The summed E-state index contributed by atoms with van der Waals surface area (Å²) < 4.78 is 11.2. The van der Waals surface area contributed by atoms with Gasteiger partial charge >= 0.3 is 5.97 Å². The SMILES string of the molecule is CC1=C(C(=O)OCCOc2ccccc2)C(c2cccc(O)c2)C2=C(CC(C)(C)CC2=O)N1. The van der Waals surface area contributed by atoms with Crippen molar-refractivity contribution in [3.8, 4) is 11.5 Å². The monoisotopic (exact) mass is 447 g/mol. The minimum atomic E-state index is -0.598. The quantitative estimate of drug-likeness (QED) is 0.497. The Morgan fingerprint density at radius 3 is 2.58 bits per heavy atom. The highest BCUT2D eigenvalue weighted by Gasteiger charge is 2.43. The Morgan fingerprint density at radius 1 is 1.09 bits per heavy atom. The third kappa shape index (κ3) is 4.95. The van der Waals surface area contributed by atoms with Gasteiger partial charge in [-0.15, -0.1) is 0 Å². The number of dihydropyridines is 1. The zero-order chi connectivity index (χ0) is 23.6. The van der Waals surface area contributed by atoms with Crippen LogP contribution in [0.15, 0.2) is 77.1 Å². The average Bonchev–Trinajstić information content (AvgIpc) is 2.75. The van der Waals surface area contributed by atoms with Crippen molar-refractivity contribution in [2.24, 2.45) is 5.41 Å². The van der Waals surface area contributed by atoms with Crippen molar-refractivity contribution in [1.29, 1.82) is 0 Å². The molecule has 0 spiro atoms. The number of benzene rings is 2. The van der Waals surface area contributed by atoms with E-state index in [2.05, 4.69) is 19.2 Å². The maximum absolute atomic E-state index is 13.2. The van der Waals surface area contributed by atoms with Crippen molar-refractivity contribution in [3.05, 3.63) is 82.7 Å². The van der Waals surface area contributed by atoms with Crippen LogP contribution in [0.5, 0.6) is 11.5 Å². The molecule has 2 aromatic rings. The van der Waals surface area contributed by atoms with Crippen LogP contribution in [0.25, 0.3) is 0 Å². The number of allylic oxidation sites excluding steroid dienone is 3. The number of aromatic hydroxyl groups is 1. The molecule has 1 heterocycles. The van der Waals surface area contributed by atoms with Crippen LogP contribution < -0.4 is 10.1 Å². The van der Waals surface area contributed by atoms with Crippen LogP contribution in [-0.2, 0) is 14.3 Å². The molecule has 2 N–H and O–H groups in total. The Kier molecular flexibility index (Phi) is 6.27. The lowest BCUT2D eigenvalue weighted by atomic mass is 9.68. The summed E-state index contributed by atoms with van der Waals surface area (Å²) in [5.74, 6) is -0.314. The predicted molar refractivity (Wildman–Crippen MR) is 125 cm³/mol. The molecule has 6 heteroatoms. The van der Waals surface area contributed by atoms with E-state index in [1.807, 2.05) is 43.3 Å². The minimum absolute atomic E-state index is 0.00676. The van der Waals surface area contributed by atoms with Gasteiger partial charge in [-0.2, -0.15) is 0 Å². The molecule has 1 aliphatic carbocycles. The van der Waals surface area contributed by atoms with E-state index < -0.39 is 11.9 Å². The Hall–Kier alpha value is -3.54. The lowest BCUT2D eigenvalue weighted by molar-refractivity contribution is -0.140. The number of Topliss-reactive ketones (excluding diaryl/α,β-unsaturated/α-hetero) is 1. The maximum atomic E-state index is 13.2. The second-order valence-corrected chi connectivity index (χ2v) is 9.32. The van der Waals surface area contributed by atoms with Crippen LogP contribution in [0, 0.1) is 5.41 Å². The Balaban J connectivity index is 1.60. The maximum Gasteiger partial charge on any atom is 0.336 e. The zero-order valence-electron chi connectivity index (χ0n) is 19.2. The lowest BCUT2D eigenvalue weighted by Crippen LogP contribution is -2.38. The summed E-state index contributed by atoms with van der Waals surface area (Å²) in [5, 5.41) is 13.4. The lowest BCUT2D eigenvalue weighted by Gasteiger charge is -2.39. The zero-order valence-corrected chi connectivity index (χ0v) is 19.2. The number of phenolic OH excluding ortho intramolecular Hbond substituents is 1. The molecule has 0 saturated heterocycles. The number of ether oxygens (including phenoxy) is 2. The van der Waals surface area contributed by atoms with E-state index in [0.29, 0.717) is 41.0 Å². The fourth-order valence-corrected chi connectivity index (χ4v) is 4.63. The molecule has 0 radical (unpaired) electrons. The minimum Gasteiger partial charge on any atom is -0.508 e. The Morgan fingerprint density at radius 2 is 1.85 bits per heavy atom. The van der Waals surface area contributed by atoms with Gasteiger partial charge in [0.2, 0.25) is 0 Å². The van der Waals surface area contributed by atoms with Crippen molar-refractivity contribution in [1.82, 2.24) is 5.32 Å². The molecule has 4 rings (SSSR count). The largest absolute Gasteiger partial charge is 0.508 e. The number of hydrogen-bond donors (Lipinski definition) is 2. The highest BCUT2D eigenvalue weighted by atomic mass is 16.6. The van der Waals surface area contributed by atoms with E-state index in [0.717, 1.165) is 5.70 Å². The van der Waals surface area contributed by atoms with Gasteiger partial charge in [0.15, 0.2) is 5.78 Å². The fourth-order valence-electron chi connectivity index (χ4n) is 4.63. The summed E-state index contributed by atoms with van der Waals surface area (Å²) in [6, 6.07) is 16.0. The number of phenols is 1. The van der Waals surface area contributed by atoms with Crippen LogP contribution >= 0.6 is 0 Å². The summed E-state index contributed by atoms with van der Waals surface area (Å²) in [7, 11) is 0. The van der Waals surface area contributed by atoms with Gasteiger partial charge in [-0.05, 0) is 48.6 Å². The average molecular weight is 448 g/mol. The standard InChI is InChI=1S/C27H29NO5/c1-17-23(26(31)33-13-12-32-20-10-5-4-6-11-20)24(18-8-7-9-19(29)14-18)25-21(28-17)15-27(2,3)16-22(25)30/h4-11,14,24,28-29H,12-13,15-16H2,1-3H3. The van der Waals surface area contributed by atoms with Crippen molar-refractivity contribution in [2.75, 3.05) is 13.2 Å². The first-order chi connectivity index (χ1) is 15.7.